The van der Waals surface area contributed by atoms with Gasteiger partial charge in [-0.1, -0.05) is 0 Å². The Bertz CT molecular complexity index is 382. The fourth-order valence-electron chi connectivity index (χ4n) is 1.19. The normalized spacial score (nSPS) is 10.6. The third-order valence-electron chi connectivity index (χ3n) is 2.14. The van der Waals surface area contributed by atoms with Crippen LogP contribution in [0.3, 0.4) is 0 Å². The summed E-state index contributed by atoms with van der Waals surface area (Å²) in [7, 11) is 1.64. The number of H-pyrrole nitrogens is 1. The maximum Gasteiger partial charge on any atom is 0.328 e. The topological polar surface area (TPSA) is 73.4 Å². The largest absolute Gasteiger partial charge is 0.478 e. The van der Waals surface area contributed by atoms with Crippen LogP contribution in [0.15, 0.2) is 30.6 Å². The third kappa shape index (κ3) is 4.00. The third-order valence-corrected chi connectivity index (χ3v) is 2.14. The summed E-state index contributed by atoms with van der Waals surface area (Å²) in [5.74, 6) is -1.43. The molecule has 0 aromatic carbocycles. The number of rotatable bonds is 5. The smallest absolute Gasteiger partial charge is 0.328 e. The van der Waals surface area contributed by atoms with Crippen molar-refractivity contribution in [3.63, 3.8) is 0 Å². The standard InChI is InChI=1S/C11H14N2O3/c1-13(10(14)2-3-11(15)16)7-5-9-4-6-12-8-9/h2-4,6,8,12H,5,7H2,1H3,(H,15,16)/b3-2+. The lowest BCUT2D eigenvalue weighted by atomic mass is 10.2. The number of carboxylic acid groups (broad SMARTS) is 1. The van der Waals surface area contributed by atoms with Gasteiger partial charge in [-0.25, -0.2) is 4.79 Å². The lowest BCUT2D eigenvalue weighted by Crippen LogP contribution is -2.27. The average Bonchev–Trinajstić information content (AvgIpc) is 2.75. The van der Waals surface area contributed by atoms with Crippen molar-refractivity contribution in [3.05, 3.63) is 36.2 Å². The molecule has 0 radical (unpaired) electrons. The van der Waals surface area contributed by atoms with E-state index in [4.69, 9.17) is 5.11 Å². The molecule has 0 aliphatic heterocycles. The van der Waals surface area contributed by atoms with E-state index in [2.05, 4.69) is 4.98 Å². The Morgan fingerprint density at radius 2 is 2.25 bits per heavy atom. The number of hydrogen-bond acceptors (Lipinski definition) is 2. The number of nitrogens with one attached hydrogen (secondary N) is 1. The van der Waals surface area contributed by atoms with Crippen molar-refractivity contribution in [1.82, 2.24) is 9.88 Å². The number of nitrogens with zero attached hydrogens (tertiary/aromatic N) is 1. The molecule has 1 heterocycles. The van der Waals surface area contributed by atoms with Gasteiger partial charge in [0.05, 0.1) is 0 Å². The molecule has 0 aliphatic rings. The van der Waals surface area contributed by atoms with E-state index in [1.54, 1.807) is 7.05 Å². The molecule has 0 spiro atoms. The highest BCUT2D eigenvalue weighted by Gasteiger charge is 2.05. The second-order valence-corrected chi connectivity index (χ2v) is 3.40. The fourth-order valence-corrected chi connectivity index (χ4v) is 1.19. The van der Waals surface area contributed by atoms with Gasteiger partial charge in [0, 0.05) is 38.1 Å². The molecule has 2 N–H and O–H groups in total. The van der Waals surface area contributed by atoms with Gasteiger partial charge in [0.1, 0.15) is 0 Å². The van der Waals surface area contributed by atoms with Crippen LogP contribution in [0.4, 0.5) is 0 Å². The first-order chi connectivity index (χ1) is 7.59. The van der Waals surface area contributed by atoms with E-state index in [0.717, 1.165) is 24.1 Å². The van der Waals surface area contributed by atoms with Crippen LogP contribution in [0.5, 0.6) is 0 Å². The maximum absolute atomic E-state index is 11.4. The average molecular weight is 222 g/mol. The molecule has 1 rings (SSSR count). The summed E-state index contributed by atoms with van der Waals surface area (Å²) in [6, 6.07) is 1.94. The van der Waals surface area contributed by atoms with E-state index in [1.165, 1.54) is 4.90 Å². The zero-order valence-corrected chi connectivity index (χ0v) is 9.01. The molecule has 0 bridgehead atoms. The Hall–Kier alpha value is -2.04. The Morgan fingerprint density at radius 1 is 1.50 bits per heavy atom. The molecule has 5 heteroatoms. The molecule has 16 heavy (non-hydrogen) atoms. The van der Waals surface area contributed by atoms with Crippen molar-refractivity contribution in [2.45, 2.75) is 6.42 Å². The van der Waals surface area contributed by atoms with Gasteiger partial charge in [0.25, 0.3) is 0 Å². The zero-order chi connectivity index (χ0) is 12.0. The maximum atomic E-state index is 11.4. The Labute approximate surface area is 93.4 Å². The molecule has 1 aromatic heterocycles. The van der Waals surface area contributed by atoms with Crippen LogP contribution in [0.25, 0.3) is 0 Å². The highest BCUT2D eigenvalue weighted by atomic mass is 16.4. The Kier molecular flexibility index (Phi) is 4.32. The minimum atomic E-state index is -1.12. The number of likely N-dealkylation sites (N-methyl/N-ethyl adjacent to an activating group) is 1. The predicted octanol–water partition coefficient (Wildman–Crippen LogP) is 0.656. The van der Waals surface area contributed by atoms with E-state index in [0.29, 0.717) is 6.54 Å². The van der Waals surface area contributed by atoms with E-state index < -0.39 is 5.97 Å². The van der Waals surface area contributed by atoms with Crippen LogP contribution in [0.1, 0.15) is 5.56 Å². The molecular weight excluding hydrogens is 208 g/mol. The molecule has 0 saturated carbocycles. The van der Waals surface area contributed by atoms with Gasteiger partial charge in [0.2, 0.25) is 5.91 Å². The van der Waals surface area contributed by atoms with Gasteiger partial charge in [-0.3, -0.25) is 4.79 Å². The number of amides is 1. The van der Waals surface area contributed by atoms with Crippen molar-refractivity contribution in [2.75, 3.05) is 13.6 Å². The lowest BCUT2D eigenvalue weighted by molar-refractivity contribution is -0.132. The number of hydrogen-bond donors (Lipinski definition) is 2. The number of aromatic amines is 1. The zero-order valence-electron chi connectivity index (χ0n) is 9.01. The molecule has 0 unspecified atom stereocenters. The molecule has 1 amide bonds. The highest BCUT2D eigenvalue weighted by molar-refractivity contribution is 5.93. The quantitative estimate of drug-likeness (QED) is 0.718. The van der Waals surface area contributed by atoms with E-state index in [-0.39, 0.29) is 5.91 Å². The van der Waals surface area contributed by atoms with Gasteiger partial charge in [-0.05, 0) is 18.1 Å². The van der Waals surface area contributed by atoms with Crippen LogP contribution in [-0.4, -0.2) is 40.5 Å². The molecule has 0 aliphatic carbocycles. The summed E-state index contributed by atoms with van der Waals surface area (Å²) in [4.78, 5) is 26.0. The van der Waals surface area contributed by atoms with Gasteiger partial charge >= 0.3 is 5.97 Å². The molecule has 0 fully saturated rings. The summed E-state index contributed by atoms with van der Waals surface area (Å²) in [5.41, 5.74) is 1.11. The van der Waals surface area contributed by atoms with Gasteiger partial charge in [0.15, 0.2) is 0 Å². The van der Waals surface area contributed by atoms with Crippen molar-refractivity contribution >= 4 is 11.9 Å². The number of carbonyl (C=O) groups excluding carboxylic acids is 1. The monoisotopic (exact) mass is 222 g/mol. The molecule has 1 aromatic rings. The molecule has 0 saturated heterocycles. The van der Waals surface area contributed by atoms with Crippen molar-refractivity contribution in [1.29, 1.82) is 0 Å². The van der Waals surface area contributed by atoms with Crippen LogP contribution in [0, 0.1) is 0 Å². The molecule has 86 valence electrons. The SMILES string of the molecule is CN(CCc1cc[nH]c1)C(=O)/C=C/C(=O)O. The number of aliphatic carboxylic acids is 1. The Balaban J connectivity index is 2.37. The highest BCUT2D eigenvalue weighted by Crippen LogP contribution is 1.99. The second kappa shape index (κ2) is 5.75. The first kappa shape index (κ1) is 12.0. The summed E-state index contributed by atoms with van der Waals surface area (Å²) < 4.78 is 0. The Morgan fingerprint density at radius 3 is 2.81 bits per heavy atom. The summed E-state index contributed by atoms with van der Waals surface area (Å²) in [6.07, 6.45) is 6.33. The first-order valence-corrected chi connectivity index (χ1v) is 4.87. The van der Waals surface area contributed by atoms with Gasteiger partial charge in [-0.15, -0.1) is 0 Å². The van der Waals surface area contributed by atoms with E-state index >= 15 is 0 Å². The number of carboxylic acids is 1. The van der Waals surface area contributed by atoms with Crippen LogP contribution in [-0.2, 0) is 16.0 Å². The second-order valence-electron chi connectivity index (χ2n) is 3.40. The van der Waals surface area contributed by atoms with Crippen LogP contribution < -0.4 is 0 Å². The van der Waals surface area contributed by atoms with E-state index in [9.17, 15) is 9.59 Å². The predicted molar refractivity (Wildman–Crippen MR) is 58.9 cm³/mol. The summed E-state index contributed by atoms with van der Waals surface area (Å²) >= 11 is 0. The van der Waals surface area contributed by atoms with Crippen molar-refractivity contribution < 1.29 is 14.7 Å². The minimum Gasteiger partial charge on any atom is -0.478 e. The number of aromatic nitrogens is 1. The molecular formula is C11H14N2O3. The fraction of sp³-hybridized carbons (Fsp3) is 0.273. The van der Waals surface area contributed by atoms with Crippen LogP contribution >= 0.6 is 0 Å². The van der Waals surface area contributed by atoms with Gasteiger partial charge < -0.3 is 15.0 Å². The van der Waals surface area contributed by atoms with Crippen molar-refractivity contribution in [3.8, 4) is 0 Å². The van der Waals surface area contributed by atoms with Gasteiger partial charge in [-0.2, -0.15) is 0 Å². The number of carbonyl (C=O) groups is 2. The van der Waals surface area contributed by atoms with Crippen molar-refractivity contribution in [2.24, 2.45) is 0 Å². The van der Waals surface area contributed by atoms with Crippen LogP contribution in [0.2, 0.25) is 0 Å². The summed E-state index contributed by atoms with van der Waals surface area (Å²) in [5, 5.41) is 8.36. The summed E-state index contributed by atoms with van der Waals surface area (Å²) in [6.45, 7) is 0.556. The van der Waals surface area contributed by atoms with E-state index in [1.807, 2.05) is 18.5 Å². The minimum absolute atomic E-state index is 0.307. The molecule has 5 nitrogen and oxygen atoms in total. The lowest BCUT2D eigenvalue weighted by Gasteiger charge is -2.13. The first-order valence-electron chi connectivity index (χ1n) is 4.87. The molecule has 0 atom stereocenters.